The number of benzene rings is 1. The lowest BCUT2D eigenvalue weighted by molar-refractivity contribution is -0.118. The molecule has 0 aliphatic heterocycles. The number of rotatable bonds is 6. The summed E-state index contributed by atoms with van der Waals surface area (Å²) in [6.45, 7) is 3.04. The van der Waals surface area contributed by atoms with Gasteiger partial charge in [0.15, 0.2) is 0 Å². The summed E-state index contributed by atoms with van der Waals surface area (Å²) in [4.78, 5) is 13.9. The molecule has 0 saturated heterocycles. The Labute approximate surface area is 126 Å². The van der Waals surface area contributed by atoms with Crippen LogP contribution in [0.1, 0.15) is 11.1 Å². The van der Waals surface area contributed by atoms with E-state index < -0.39 is 6.04 Å². The van der Waals surface area contributed by atoms with Crippen LogP contribution in [0.15, 0.2) is 18.2 Å². The van der Waals surface area contributed by atoms with Crippen molar-refractivity contribution in [1.82, 2.24) is 4.90 Å². The van der Waals surface area contributed by atoms with Gasteiger partial charge in [0.2, 0.25) is 5.91 Å². The van der Waals surface area contributed by atoms with Gasteiger partial charge in [-0.25, -0.2) is 0 Å². The Morgan fingerprint density at radius 1 is 1.40 bits per heavy atom. The first kappa shape index (κ1) is 18.9. The molecule has 1 aromatic carbocycles. The Hall–Kier alpha value is -1.14. The first-order chi connectivity index (χ1) is 8.92. The van der Waals surface area contributed by atoms with Crippen LogP contribution in [-0.4, -0.2) is 44.7 Å². The summed E-state index contributed by atoms with van der Waals surface area (Å²) in [5.41, 5.74) is 8.72. The van der Waals surface area contributed by atoms with Gasteiger partial charge in [0.1, 0.15) is 6.04 Å². The van der Waals surface area contributed by atoms with Crippen LogP contribution in [0.2, 0.25) is 0 Å². The fraction of sp³-hybridized carbons (Fsp3) is 0.500. The van der Waals surface area contributed by atoms with Gasteiger partial charge in [-0.2, -0.15) is 0 Å². The molecule has 0 fully saturated rings. The van der Waals surface area contributed by atoms with Gasteiger partial charge in [-0.15, -0.1) is 12.4 Å². The highest BCUT2D eigenvalue weighted by molar-refractivity contribution is 5.94. The minimum Gasteiger partial charge on any atom is -0.383 e. The highest BCUT2D eigenvalue weighted by Gasteiger charge is 2.13. The van der Waals surface area contributed by atoms with E-state index in [2.05, 4.69) is 16.3 Å². The maximum absolute atomic E-state index is 11.8. The summed E-state index contributed by atoms with van der Waals surface area (Å²) in [5, 5.41) is 2.82. The number of amides is 1. The second-order valence-corrected chi connectivity index (χ2v) is 5.00. The van der Waals surface area contributed by atoms with Gasteiger partial charge in [0.05, 0.1) is 6.61 Å². The highest BCUT2D eigenvalue weighted by atomic mass is 35.5. The predicted octanol–water partition coefficient (Wildman–Crippen LogP) is 1.39. The van der Waals surface area contributed by atoms with E-state index in [0.29, 0.717) is 0 Å². The Balaban J connectivity index is 0.00000361. The third kappa shape index (κ3) is 6.34. The van der Waals surface area contributed by atoms with E-state index >= 15 is 0 Å². The number of anilines is 1. The fourth-order valence-electron chi connectivity index (χ4n) is 1.88. The normalized spacial score (nSPS) is 11.9. The molecular formula is C14H24ClN3O2. The van der Waals surface area contributed by atoms with Crippen molar-refractivity contribution in [3.63, 3.8) is 0 Å². The van der Waals surface area contributed by atoms with E-state index in [1.807, 2.05) is 33.2 Å². The van der Waals surface area contributed by atoms with Gasteiger partial charge in [-0.1, -0.05) is 6.07 Å². The van der Waals surface area contributed by atoms with E-state index in [9.17, 15) is 4.79 Å². The maximum Gasteiger partial charge on any atom is 0.243 e. The van der Waals surface area contributed by atoms with Gasteiger partial charge >= 0.3 is 0 Å². The molecule has 0 aliphatic rings. The Bertz CT molecular complexity index is 438. The third-order valence-electron chi connectivity index (χ3n) is 2.59. The lowest BCUT2D eigenvalue weighted by Crippen LogP contribution is -2.39. The second-order valence-electron chi connectivity index (χ2n) is 5.00. The lowest BCUT2D eigenvalue weighted by Gasteiger charge is -2.15. The van der Waals surface area contributed by atoms with E-state index in [1.165, 1.54) is 7.11 Å². The minimum atomic E-state index is -0.650. The zero-order chi connectivity index (χ0) is 14.4. The molecular weight excluding hydrogens is 278 g/mol. The van der Waals surface area contributed by atoms with Crippen molar-refractivity contribution in [2.24, 2.45) is 5.73 Å². The van der Waals surface area contributed by atoms with Crippen molar-refractivity contribution in [2.75, 3.05) is 33.1 Å². The van der Waals surface area contributed by atoms with Crippen molar-refractivity contribution < 1.29 is 9.53 Å². The average Bonchev–Trinajstić information content (AvgIpc) is 2.27. The van der Waals surface area contributed by atoms with Crippen LogP contribution in [-0.2, 0) is 16.1 Å². The van der Waals surface area contributed by atoms with Crippen molar-refractivity contribution in [2.45, 2.75) is 19.5 Å². The van der Waals surface area contributed by atoms with Crippen LogP contribution < -0.4 is 11.1 Å². The SMILES string of the molecule is COCC(N)C(=O)Nc1cc(C)cc(CN(C)C)c1.Cl. The first-order valence-corrected chi connectivity index (χ1v) is 6.23. The number of nitrogens with two attached hydrogens (primary N) is 1. The number of ether oxygens (including phenoxy) is 1. The lowest BCUT2D eigenvalue weighted by atomic mass is 10.1. The highest BCUT2D eigenvalue weighted by Crippen LogP contribution is 2.15. The van der Waals surface area contributed by atoms with Crippen molar-refractivity contribution in [3.8, 4) is 0 Å². The van der Waals surface area contributed by atoms with Gasteiger partial charge in [-0.3, -0.25) is 4.79 Å². The number of carbonyl (C=O) groups excluding carboxylic acids is 1. The number of halogens is 1. The van der Waals surface area contributed by atoms with Crippen LogP contribution in [0.25, 0.3) is 0 Å². The molecule has 20 heavy (non-hydrogen) atoms. The molecule has 3 N–H and O–H groups in total. The van der Waals surface area contributed by atoms with Crippen LogP contribution in [0.5, 0.6) is 0 Å². The number of carbonyl (C=O) groups is 1. The molecule has 0 spiro atoms. The first-order valence-electron chi connectivity index (χ1n) is 6.23. The molecule has 1 amide bonds. The number of aryl methyl sites for hydroxylation is 1. The fourth-order valence-corrected chi connectivity index (χ4v) is 1.88. The molecule has 5 nitrogen and oxygen atoms in total. The predicted molar refractivity (Wildman–Crippen MR) is 84.3 cm³/mol. The van der Waals surface area contributed by atoms with Crippen LogP contribution >= 0.6 is 12.4 Å². The smallest absolute Gasteiger partial charge is 0.243 e. The summed E-state index contributed by atoms with van der Waals surface area (Å²) in [6, 6.07) is 5.34. The average molecular weight is 302 g/mol. The summed E-state index contributed by atoms with van der Waals surface area (Å²) >= 11 is 0. The van der Waals surface area contributed by atoms with Crippen molar-refractivity contribution in [3.05, 3.63) is 29.3 Å². The molecule has 0 bridgehead atoms. The number of nitrogens with zero attached hydrogens (tertiary/aromatic N) is 1. The molecule has 0 radical (unpaired) electrons. The van der Waals surface area contributed by atoms with E-state index in [0.717, 1.165) is 23.4 Å². The molecule has 6 heteroatoms. The molecule has 0 heterocycles. The van der Waals surface area contributed by atoms with E-state index in [1.54, 1.807) is 0 Å². The molecule has 0 aromatic heterocycles. The third-order valence-corrected chi connectivity index (χ3v) is 2.59. The van der Waals surface area contributed by atoms with Gasteiger partial charge in [0.25, 0.3) is 0 Å². The van der Waals surface area contributed by atoms with Gasteiger partial charge < -0.3 is 20.7 Å². The largest absolute Gasteiger partial charge is 0.383 e. The summed E-state index contributed by atoms with van der Waals surface area (Å²) in [5.74, 6) is -0.233. The molecule has 1 atom stereocenters. The Kier molecular flexibility index (Phi) is 8.41. The summed E-state index contributed by atoms with van der Waals surface area (Å²) in [7, 11) is 5.54. The van der Waals surface area contributed by atoms with Gasteiger partial charge in [-0.05, 0) is 44.3 Å². The number of nitrogens with one attached hydrogen (secondary N) is 1. The van der Waals surface area contributed by atoms with Crippen LogP contribution in [0.3, 0.4) is 0 Å². The topological polar surface area (TPSA) is 67.6 Å². The Morgan fingerprint density at radius 3 is 2.60 bits per heavy atom. The number of hydrogen-bond donors (Lipinski definition) is 2. The molecule has 1 rings (SSSR count). The number of methoxy groups -OCH3 is 1. The van der Waals surface area contributed by atoms with Gasteiger partial charge in [0, 0.05) is 19.3 Å². The summed E-state index contributed by atoms with van der Waals surface area (Å²) in [6.07, 6.45) is 0. The molecule has 0 aliphatic carbocycles. The second kappa shape index (κ2) is 8.92. The van der Waals surface area contributed by atoms with Crippen LogP contribution in [0, 0.1) is 6.92 Å². The maximum atomic E-state index is 11.8. The van der Waals surface area contributed by atoms with E-state index in [-0.39, 0.29) is 24.9 Å². The molecule has 114 valence electrons. The minimum absolute atomic E-state index is 0. The number of hydrogen-bond acceptors (Lipinski definition) is 4. The molecule has 1 aromatic rings. The standard InChI is InChI=1S/C14H23N3O2.ClH/c1-10-5-11(8-17(2)3)7-12(6-10)16-14(18)13(15)9-19-4;/h5-7,13H,8-9,15H2,1-4H3,(H,16,18);1H. The monoisotopic (exact) mass is 301 g/mol. The molecule has 1 unspecified atom stereocenters. The quantitative estimate of drug-likeness (QED) is 0.833. The molecule has 0 saturated carbocycles. The summed E-state index contributed by atoms with van der Waals surface area (Å²) < 4.78 is 4.87. The Morgan fingerprint density at radius 2 is 2.05 bits per heavy atom. The zero-order valence-corrected chi connectivity index (χ0v) is 13.3. The van der Waals surface area contributed by atoms with Crippen molar-refractivity contribution in [1.29, 1.82) is 0 Å². The zero-order valence-electron chi connectivity index (χ0n) is 12.5. The van der Waals surface area contributed by atoms with Crippen LogP contribution in [0.4, 0.5) is 5.69 Å². The van der Waals surface area contributed by atoms with E-state index in [4.69, 9.17) is 10.5 Å². The van der Waals surface area contributed by atoms with Crippen molar-refractivity contribution >= 4 is 24.0 Å².